The van der Waals surface area contributed by atoms with Gasteiger partial charge in [0.2, 0.25) is 11.7 Å². The number of aliphatic carboxylic acids is 1. The Hall–Kier alpha value is -4.02. The highest BCUT2D eigenvalue weighted by atomic mass is 35.5. The first-order chi connectivity index (χ1) is 19.0. The molecule has 0 saturated heterocycles. The van der Waals surface area contributed by atoms with E-state index in [4.69, 9.17) is 16.3 Å². The van der Waals surface area contributed by atoms with Crippen LogP contribution in [0, 0.1) is 23.1 Å². The van der Waals surface area contributed by atoms with Crippen LogP contribution < -0.4 is 5.32 Å². The van der Waals surface area contributed by atoms with Gasteiger partial charge in [-0.2, -0.15) is 10.4 Å². The molecule has 2 aromatic carbocycles. The number of ether oxygens (including phenoxy) is 1. The Morgan fingerprint density at radius 2 is 1.95 bits per heavy atom. The number of rotatable bonds is 8. The van der Waals surface area contributed by atoms with Gasteiger partial charge in [0.15, 0.2) is 0 Å². The smallest absolute Gasteiger partial charge is 0.370 e. The fourth-order valence-electron chi connectivity index (χ4n) is 4.55. The van der Waals surface area contributed by atoms with E-state index in [2.05, 4.69) is 10.4 Å². The Morgan fingerprint density at radius 3 is 2.55 bits per heavy atom. The molecule has 1 aliphatic rings. The summed E-state index contributed by atoms with van der Waals surface area (Å²) in [5.41, 5.74) is 0.495. The number of hydrogen-bond acceptors (Lipinski definition) is 8. The van der Waals surface area contributed by atoms with Gasteiger partial charge in [-0.3, -0.25) is 4.79 Å². The van der Waals surface area contributed by atoms with Gasteiger partial charge in [0.25, 0.3) is 0 Å². The summed E-state index contributed by atoms with van der Waals surface area (Å²) < 4.78 is 21.4. The highest BCUT2D eigenvalue weighted by Crippen LogP contribution is 2.38. The van der Waals surface area contributed by atoms with E-state index in [-0.39, 0.29) is 32.7 Å². The van der Waals surface area contributed by atoms with E-state index < -0.39 is 66.4 Å². The van der Waals surface area contributed by atoms with Gasteiger partial charge >= 0.3 is 5.97 Å². The van der Waals surface area contributed by atoms with Crippen molar-refractivity contribution in [2.75, 3.05) is 6.61 Å². The van der Waals surface area contributed by atoms with Crippen molar-refractivity contribution in [1.82, 2.24) is 15.1 Å². The number of aliphatic hydroxyl groups is 3. The summed E-state index contributed by atoms with van der Waals surface area (Å²) in [6.07, 6.45) is -4.08. The van der Waals surface area contributed by atoms with Crippen molar-refractivity contribution in [2.24, 2.45) is 5.92 Å². The molecule has 40 heavy (non-hydrogen) atoms. The van der Waals surface area contributed by atoms with Crippen LogP contribution in [-0.4, -0.2) is 73.0 Å². The molecule has 2 heterocycles. The number of aliphatic hydroxyl groups excluding tert-OH is 3. The van der Waals surface area contributed by atoms with Crippen LogP contribution in [0.5, 0.6) is 0 Å². The second-order valence-corrected chi connectivity index (χ2v) is 10.0. The Bertz CT molecular complexity index is 1530. The van der Waals surface area contributed by atoms with Crippen LogP contribution in [0.3, 0.4) is 0 Å². The van der Waals surface area contributed by atoms with Crippen molar-refractivity contribution in [2.45, 2.75) is 44.2 Å². The van der Waals surface area contributed by atoms with Crippen LogP contribution in [0.15, 0.2) is 48.2 Å². The largest absolute Gasteiger partial charge is 0.478 e. The first-order valence-corrected chi connectivity index (χ1v) is 12.6. The van der Waals surface area contributed by atoms with Gasteiger partial charge in [0, 0.05) is 27.5 Å². The molecule has 0 bridgehead atoms. The maximum atomic E-state index is 14.8. The lowest BCUT2D eigenvalue weighted by molar-refractivity contribution is -0.147. The third-order valence-electron chi connectivity index (χ3n) is 6.59. The molecule has 0 spiro atoms. The number of nitriles is 1. The maximum absolute atomic E-state index is 14.8. The number of halogens is 2. The number of hydrogen-bond donors (Lipinski definition) is 5. The van der Waals surface area contributed by atoms with E-state index in [0.717, 1.165) is 10.8 Å². The number of carbonyl (C=O) groups is 2. The number of amides is 1. The van der Waals surface area contributed by atoms with E-state index in [0.29, 0.717) is 0 Å². The average Bonchev–Trinajstić information content (AvgIpc) is 3.29. The van der Waals surface area contributed by atoms with E-state index in [1.54, 1.807) is 19.9 Å². The molecule has 0 radical (unpaired) electrons. The minimum absolute atomic E-state index is 0.0947. The quantitative estimate of drug-likeness (QED) is 0.270. The highest BCUT2D eigenvalue weighted by Gasteiger charge is 2.45. The third-order valence-corrected chi connectivity index (χ3v) is 6.81. The van der Waals surface area contributed by atoms with Crippen molar-refractivity contribution < 1.29 is 39.1 Å². The van der Waals surface area contributed by atoms with Gasteiger partial charge in [-0.05, 0) is 24.3 Å². The number of fused-ring (bicyclic) bond motifs is 1. The summed E-state index contributed by atoms with van der Waals surface area (Å²) in [4.78, 5) is 24.8. The predicted molar refractivity (Wildman–Crippen MR) is 140 cm³/mol. The van der Waals surface area contributed by atoms with Crippen LogP contribution in [0.4, 0.5) is 4.39 Å². The van der Waals surface area contributed by atoms with Crippen LogP contribution in [-0.2, 0) is 14.3 Å². The SMILES string of the molecule is CC(C)C(=O)N[C@H]1[C@H]([C@H](O)[C@H](O)CO)OC(C(=O)O)=C[C@@H]1n1nc2c(-c3ccccc3F)cc(Cl)cc2c1C#N. The van der Waals surface area contributed by atoms with E-state index >= 15 is 0 Å². The van der Waals surface area contributed by atoms with Gasteiger partial charge < -0.3 is 30.5 Å². The first kappa shape index (κ1) is 29.0. The van der Waals surface area contributed by atoms with E-state index in [1.165, 1.54) is 30.3 Å². The van der Waals surface area contributed by atoms with Crippen molar-refractivity contribution in [3.8, 4) is 17.2 Å². The zero-order valence-corrected chi connectivity index (χ0v) is 22.1. The Kier molecular flexibility index (Phi) is 8.41. The van der Waals surface area contributed by atoms with Crippen molar-refractivity contribution >= 4 is 34.4 Å². The minimum Gasteiger partial charge on any atom is -0.478 e. The Labute approximate surface area is 232 Å². The number of carboxylic acids is 1. The molecule has 1 aromatic heterocycles. The molecule has 210 valence electrons. The monoisotopic (exact) mass is 572 g/mol. The molecule has 1 amide bonds. The number of nitrogens with one attached hydrogen (secondary N) is 1. The number of carboxylic acid groups (broad SMARTS) is 1. The molecule has 5 atom stereocenters. The molecular formula is C27H26ClFN4O7. The lowest BCUT2D eigenvalue weighted by atomic mass is 9.91. The molecular weight excluding hydrogens is 547 g/mol. The summed E-state index contributed by atoms with van der Waals surface area (Å²) in [5.74, 6) is -3.80. The molecule has 3 aromatic rings. The number of nitrogens with zero attached hydrogens (tertiary/aromatic N) is 3. The van der Waals surface area contributed by atoms with Crippen LogP contribution >= 0.6 is 11.6 Å². The van der Waals surface area contributed by atoms with Gasteiger partial charge in [-0.1, -0.05) is 43.6 Å². The zero-order valence-electron chi connectivity index (χ0n) is 21.3. The molecule has 4 rings (SSSR count). The Balaban J connectivity index is 2.00. The van der Waals surface area contributed by atoms with Crippen LogP contribution in [0.25, 0.3) is 22.0 Å². The summed E-state index contributed by atoms with van der Waals surface area (Å²) in [6.45, 7) is 2.32. The van der Waals surface area contributed by atoms with Crippen LogP contribution in [0.1, 0.15) is 25.6 Å². The summed E-state index contributed by atoms with van der Waals surface area (Å²) in [7, 11) is 0. The van der Waals surface area contributed by atoms with Gasteiger partial charge in [-0.25, -0.2) is 13.9 Å². The van der Waals surface area contributed by atoms with E-state index in [1.807, 2.05) is 6.07 Å². The van der Waals surface area contributed by atoms with Gasteiger partial charge in [0.1, 0.15) is 41.4 Å². The second kappa shape index (κ2) is 11.6. The third kappa shape index (κ3) is 5.37. The molecule has 0 unspecified atom stereocenters. The lowest BCUT2D eigenvalue weighted by Gasteiger charge is -2.40. The summed E-state index contributed by atoms with van der Waals surface area (Å²) in [6, 6.07) is 8.31. The fourth-order valence-corrected chi connectivity index (χ4v) is 4.76. The lowest BCUT2D eigenvalue weighted by Crippen LogP contribution is -2.59. The minimum atomic E-state index is -1.85. The molecule has 0 aliphatic carbocycles. The molecule has 5 N–H and O–H groups in total. The van der Waals surface area contributed by atoms with Crippen molar-refractivity contribution in [3.63, 3.8) is 0 Å². The molecule has 1 aliphatic heterocycles. The molecule has 11 nitrogen and oxygen atoms in total. The van der Waals surface area contributed by atoms with Gasteiger partial charge in [-0.15, -0.1) is 0 Å². The predicted octanol–water partition coefficient (Wildman–Crippen LogP) is 2.13. The topological polar surface area (TPSA) is 178 Å². The first-order valence-electron chi connectivity index (χ1n) is 12.2. The zero-order chi connectivity index (χ0) is 29.3. The molecule has 13 heteroatoms. The Morgan fingerprint density at radius 1 is 1.25 bits per heavy atom. The van der Waals surface area contributed by atoms with Crippen molar-refractivity contribution in [3.05, 3.63) is 64.8 Å². The number of carbonyl (C=O) groups excluding carboxylic acids is 1. The number of benzene rings is 2. The average molecular weight is 573 g/mol. The second-order valence-electron chi connectivity index (χ2n) is 9.57. The standard InChI is InChI=1S/C27H26ClFN4O7/c1-12(2)26(37)31-23-18(9-21(27(38)39)40-25(23)24(36)20(35)11-34)33-19(10-30)16-8-13(28)7-15(22(16)32-33)14-5-3-4-6-17(14)29/h3-9,12,18,20,23-25,34-36H,11H2,1-2H3,(H,31,37)(H,38,39)/t18-,20+,23+,24+,25+/m0/s1. The van der Waals surface area contributed by atoms with Crippen LogP contribution in [0.2, 0.25) is 5.02 Å². The van der Waals surface area contributed by atoms with Crippen molar-refractivity contribution in [1.29, 1.82) is 5.26 Å². The fraction of sp³-hybridized carbons (Fsp3) is 0.333. The maximum Gasteiger partial charge on any atom is 0.370 e. The normalized spacial score (nSPS) is 20.4. The summed E-state index contributed by atoms with van der Waals surface area (Å²) >= 11 is 6.34. The molecule has 0 saturated carbocycles. The van der Waals surface area contributed by atoms with Gasteiger partial charge in [0.05, 0.1) is 18.7 Å². The number of aromatic nitrogens is 2. The summed E-state index contributed by atoms with van der Waals surface area (Å²) in [5, 5.41) is 58.0. The molecule has 0 fully saturated rings. The van der Waals surface area contributed by atoms with E-state index in [9.17, 15) is 39.7 Å². The highest BCUT2D eigenvalue weighted by molar-refractivity contribution is 6.32.